The number of amides is 1. The molecule has 114 valence electrons. The Morgan fingerprint density at radius 1 is 1.32 bits per heavy atom. The number of aromatic amines is 1. The van der Waals surface area contributed by atoms with Gasteiger partial charge in [-0.3, -0.25) is 9.59 Å². The second-order valence-corrected chi connectivity index (χ2v) is 5.42. The van der Waals surface area contributed by atoms with Gasteiger partial charge in [-0.1, -0.05) is 18.2 Å². The summed E-state index contributed by atoms with van der Waals surface area (Å²) < 4.78 is 5.19. The molecule has 1 aromatic heterocycles. The maximum Gasteiger partial charge on any atom is 0.339 e. The summed E-state index contributed by atoms with van der Waals surface area (Å²) in [5, 5.41) is 3.36. The third-order valence-electron chi connectivity index (χ3n) is 3.55. The zero-order chi connectivity index (χ0) is 15.7. The minimum absolute atomic E-state index is 0.158. The molecule has 0 saturated heterocycles. The number of fused-ring (bicyclic) bond motifs is 1. The molecule has 22 heavy (non-hydrogen) atoms. The first-order chi connectivity index (χ1) is 10.5. The SMILES string of the molecule is CC(OC(=O)c1cc(=O)[nH]c2ccccc12)C(=O)NC1CC1. The van der Waals surface area contributed by atoms with Crippen molar-refractivity contribution in [2.45, 2.75) is 31.9 Å². The van der Waals surface area contributed by atoms with E-state index in [1.54, 1.807) is 24.3 Å². The average Bonchev–Trinajstić information content (AvgIpc) is 3.30. The number of nitrogens with one attached hydrogen (secondary N) is 2. The number of rotatable bonds is 4. The van der Waals surface area contributed by atoms with Crippen LogP contribution in [-0.4, -0.2) is 29.0 Å². The zero-order valence-electron chi connectivity index (χ0n) is 12.1. The van der Waals surface area contributed by atoms with Crippen LogP contribution in [0.2, 0.25) is 0 Å². The van der Waals surface area contributed by atoms with Crippen molar-refractivity contribution in [1.29, 1.82) is 0 Å². The van der Waals surface area contributed by atoms with Gasteiger partial charge in [0.2, 0.25) is 5.56 Å². The summed E-state index contributed by atoms with van der Waals surface area (Å²) in [6, 6.07) is 8.35. The van der Waals surface area contributed by atoms with Gasteiger partial charge in [-0.15, -0.1) is 0 Å². The van der Waals surface area contributed by atoms with Crippen LogP contribution >= 0.6 is 0 Å². The molecule has 1 saturated carbocycles. The second kappa shape index (κ2) is 5.63. The molecule has 0 aliphatic heterocycles. The summed E-state index contributed by atoms with van der Waals surface area (Å²) in [5.74, 6) is -0.995. The Balaban J connectivity index is 1.82. The molecule has 1 aromatic carbocycles. The van der Waals surface area contributed by atoms with E-state index < -0.39 is 12.1 Å². The topological polar surface area (TPSA) is 88.3 Å². The first-order valence-corrected chi connectivity index (χ1v) is 7.18. The summed E-state index contributed by atoms with van der Waals surface area (Å²) >= 11 is 0. The van der Waals surface area contributed by atoms with E-state index in [1.165, 1.54) is 13.0 Å². The second-order valence-electron chi connectivity index (χ2n) is 5.42. The highest BCUT2D eigenvalue weighted by atomic mass is 16.5. The summed E-state index contributed by atoms with van der Waals surface area (Å²) in [6.45, 7) is 1.52. The average molecular weight is 300 g/mol. The molecule has 0 radical (unpaired) electrons. The Hall–Kier alpha value is -2.63. The zero-order valence-corrected chi connectivity index (χ0v) is 12.1. The third kappa shape index (κ3) is 3.00. The van der Waals surface area contributed by atoms with Crippen LogP contribution in [-0.2, 0) is 9.53 Å². The minimum Gasteiger partial charge on any atom is -0.449 e. The molecule has 1 atom stereocenters. The van der Waals surface area contributed by atoms with Gasteiger partial charge in [0, 0.05) is 23.0 Å². The molecule has 1 aliphatic rings. The molecule has 2 N–H and O–H groups in total. The summed E-state index contributed by atoms with van der Waals surface area (Å²) in [6.07, 6.45) is 1.03. The fraction of sp³-hybridized carbons (Fsp3) is 0.312. The molecule has 3 rings (SSSR count). The van der Waals surface area contributed by atoms with E-state index in [9.17, 15) is 14.4 Å². The van der Waals surface area contributed by atoms with Gasteiger partial charge >= 0.3 is 5.97 Å². The molecule has 0 spiro atoms. The lowest BCUT2D eigenvalue weighted by Crippen LogP contribution is -2.37. The number of ether oxygens (including phenoxy) is 1. The highest BCUT2D eigenvalue weighted by Gasteiger charge is 2.27. The van der Waals surface area contributed by atoms with Crippen molar-refractivity contribution < 1.29 is 14.3 Å². The van der Waals surface area contributed by atoms with Gasteiger partial charge in [0.1, 0.15) is 0 Å². The summed E-state index contributed by atoms with van der Waals surface area (Å²) in [5.41, 5.74) is 0.322. The van der Waals surface area contributed by atoms with Crippen LogP contribution in [0.25, 0.3) is 10.9 Å². The number of pyridine rings is 1. The van der Waals surface area contributed by atoms with E-state index in [4.69, 9.17) is 4.74 Å². The molecule has 6 heteroatoms. The van der Waals surface area contributed by atoms with Crippen molar-refractivity contribution in [2.24, 2.45) is 0 Å². The van der Waals surface area contributed by atoms with Crippen LogP contribution in [0.5, 0.6) is 0 Å². The van der Waals surface area contributed by atoms with Crippen molar-refractivity contribution in [1.82, 2.24) is 10.3 Å². The number of hydrogen-bond donors (Lipinski definition) is 2. The number of hydrogen-bond acceptors (Lipinski definition) is 4. The fourth-order valence-corrected chi connectivity index (χ4v) is 2.20. The first kappa shape index (κ1) is 14.3. The van der Waals surface area contributed by atoms with Crippen LogP contribution in [0, 0.1) is 0 Å². The van der Waals surface area contributed by atoms with Crippen molar-refractivity contribution >= 4 is 22.8 Å². The molecule has 1 amide bonds. The van der Waals surface area contributed by atoms with Crippen molar-refractivity contribution in [3.8, 4) is 0 Å². The van der Waals surface area contributed by atoms with Gasteiger partial charge in [-0.05, 0) is 25.8 Å². The Morgan fingerprint density at radius 3 is 2.77 bits per heavy atom. The molecule has 1 heterocycles. The molecule has 1 aliphatic carbocycles. The quantitative estimate of drug-likeness (QED) is 0.834. The monoisotopic (exact) mass is 300 g/mol. The van der Waals surface area contributed by atoms with E-state index in [-0.39, 0.29) is 23.1 Å². The number of esters is 1. The largest absolute Gasteiger partial charge is 0.449 e. The lowest BCUT2D eigenvalue weighted by molar-refractivity contribution is -0.129. The molecule has 1 fully saturated rings. The highest BCUT2D eigenvalue weighted by molar-refractivity contribution is 6.03. The first-order valence-electron chi connectivity index (χ1n) is 7.18. The van der Waals surface area contributed by atoms with Crippen LogP contribution < -0.4 is 10.9 Å². The Labute approximate surface area is 126 Å². The number of para-hydroxylation sites is 1. The predicted octanol–water partition coefficient (Wildman–Crippen LogP) is 1.35. The molecule has 1 unspecified atom stereocenters. The molecule has 6 nitrogen and oxygen atoms in total. The summed E-state index contributed by atoms with van der Waals surface area (Å²) in [7, 11) is 0. The van der Waals surface area contributed by atoms with Crippen LogP contribution in [0.1, 0.15) is 30.1 Å². The van der Waals surface area contributed by atoms with Gasteiger partial charge in [0.25, 0.3) is 5.91 Å². The van der Waals surface area contributed by atoms with Crippen LogP contribution in [0.15, 0.2) is 35.1 Å². The number of benzene rings is 1. The minimum atomic E-state index is -0.897. The number of carbonyl (C=O) groups excluding carboxylic acids is 2. The van der Waals surface area contributed by atoms with E-state index in [0.717, 1.165) is 12.8 Å². The van der Waals surface area contributed by atoms with E-state index in [0.29, 0.717) is 10.9 Å². The van der Waals surface area contributed by atoms with Crippen molar-refractivity contribution in [2.75, 3.05) is 0 Å². The maximum absolute atomic E-state index is 12.3. The Kier molecular flexibility index (Phi) is 3.66. The number of aromatic nitrogens is 1. The van der Waals surface area contributed by atoms with Crippen molar-refractivity contribution in [3.05, 3.63) is 46.2 Å². The van der Waals surface area contributed by atoms with Gasteiger partial charge in [0.05, 0.1) is 5.56 Å². The Bertz CT molecular complexity index is 792. The Morgan fingerprint density at radius 2 is 2.05 bits per heavy atom. The molecular weight excluding hydrogens is 284 g/mol. The molecule has 0 bridgehead atoms. The number of carbonyl (C=O) groups is 2. The van der Waals surface area contributed by atoms with Crippen LogP contribution in [0.4, 0.5) is 0 Å². The van der Waals surface area contributed by atoms with Gasteiger partial charge in [0.15, 0.2) is 6.10 Å². The molecule has 2 aromatic rings. The number of H-pyrrole nitrogens is 1. The maximum atomic E-state index is 12.3. The summed E-state index contributed by atoms with van der Waals surface area (Å²) in [4.78, 5) is 38.4. The van der Waals surface area contributed by atoms with Gasteiger partial charge in [-0.25, -0.2) is 4.79 Å². The molecular formula is C16H16N2O4. The van der Waals surface area contributed by atoms with E-state index >= 15 is 0 Å². The normalized spacial score (nSPS) is 15.3. The van der Waals surface area contributed by atoms with Gasteiger partial charge < -0.3 is 15.0 Å². The standard InChI is InChI=1S/C16H16N2O4/c1-9(15(20)17-10-6-7-10)22-16(21)12-8-14(19)18-13-5-3-2-4-11(12)13/h2-5,8-10H,6-7H2,1H3,(H,17,20)(H,18,19). The lowest BCUT2D eigenvalue weighted by Gasteiger charge is -2.13. The van der Waals surface area contributed by atoms with Crippen LogP contribution in [0.3, 0.4) is 0 Å². The highest BCUT2D eigenvalue weighted by Crippen LogP contribution is 2.19. The van der Waals surface area contributed by atoms with E-state index in [1.807, 2.05) is 0 Å². The van der Waals surface area contributed by atoms with Gasteiger partial charge in [-0.2, -0.15) is 0 Å². The van der Waals surface area contributed by atoms with Crippen molar-refractivity contribution in [3.63, 3.8) is 0 Å². The van der Waals surface area contributed by atoms with E-state index in [2.05, 4.69) is 10.3 Å². The fourth-order valence-electron chi connectivity index (χ4n) is 2.20. The third-order valence-corrected chi connectivity index (χ3v) is 3.55. The predicted molar refractivity (Wildman–Crippen MR) is 80.6 cm³/mol. The lowest BCUT2D eigenvalue weighted by atomic mass is 10.1. The smallest absolute Gasteiger partial charge is 0.339 e.